The molecule has 8 heteroatoms. The van der Waals surface area contributed by atoms with E-state index >= 15 is 0 Å². The third-order valence-electron chi connectivity index (χ3n) is 3.89. The van der Waals surface area contributed by atoms with Crippen LogP contribution in [0, 0.1) is 0 Å². The molecule has 0 radical (unpaired) electrons. The van der Waals surface area contributed by atoms with Crippen molar-refractivity contribution in [3.05, 3.63) is 24.2 Å². The molecule has 0 spiro atoms. The number of nitrogens with zero attached hydrogens (tertiary/aromatic N) is 3. The van der Waals surface area contributed by atoms with E-state index in [4.69, 9.17) is 10.5 Å². The van der Waals surface area contributed by atoms with Gasteiger partial charge >= 0.3 is 0 Å². The van der Waals surface area contributed by atoms with Gasteiger partial charge in [0.1, 0.15) is 23.5 Å². The van der Waals surface area contributed by atoms with Gasteiger partial charge in [0.05, 0.1) is 18.9 Å². The van der Waals surface area contributed by atoms with E-state index in [0.717, 1.165) is 0 Å². The van der Waals surface area contributed by atoms with Gasteiger partial charge in [0.2, 0.25) is 0 Å². The Bertz CT molecular complexity index is 660. The van der Waals surface area contributed by atoms with Gasteiger partial charge in [-0.05, 0) is 19.1 Å². The SMILES string of the molecule is C[C@]1(CO)OC[C@](O)(c2ccc3c(N)ncnn23)[C@@H]1O. The summed E-state index contributed by atoms with van der Waals surface area (Å²) in [5.41, 5.74) is 3.71. The first-order valence-corrected chi connectivity index (χ1v) is 6.16. The molecule has 8 nitrogen and oxygen atoms in total. The first-order valence-electron chi connectivity index (χ1n) is 6.16. The zero-order valence-electron chi connectivity index (χ0n) is 10.9. The molecule has 0 unspecified atom stereocenters. The molecule has 2 aromatic rings. The molecule has 0 bridgehead atoms. The van der Waals surface area contributed by atoms with Gasteiger partial charge in [-0.2, -0.15) is 5.10 Å². The van der Waals surface area contributed by atoms with Crippen molar-refractivity contribution in [2.45, 2.75) is 24.2 Å². The highest BCUT2D eigenvalue weighted by Crippen LogP contribution is 2.40. The van der Waals surface area contributed by atoms with Crippen LogP contribution in [0.25, 0.3) is 5.52 Å². The number of nitrogen functional groups attached to an aromatic ring is 1. The van der Waals surface area contributed by atoms with Crippen molar-refractivity contribution < 1.29 is 20.1 Å². The van der Waals surface area contributed by atoms with Crippen molar-refractivity contribution in [1.29, 1.82) is 0 Å². The van der Waals surface area contributed by atoms with Crippen LogP contribution in [0.2, 0.25) is 0 Å². The zero-order valence-corrected chi connectivity index (χ0v) is 10.9. The van der Waals surface area contributed by atoms with Crippen LogP contribution in [-0.4, -0.2) is 54.8 Å². The first-order chi connectivity index (χ1) is 9.42. The van der Waals surface area contributed by atoms with E-state index in [0.29, 0.717) is 11.2 Å². The largest absolute Gasteiger partial charge is 0.393 e. The van der Waals surface area contributed by atoms with Gasteiger partial charge in [0.15, 0.2) is 11.4 Å². The second-order valence-electron chi connectivity index (χ2n) is 5.25. The maximum absolute atomic E-state index is 10.8. The lowest BCUT2D eigenvalue weighted by Crippen LogP contribution is -2.49. The molecular formula is C12H16N4O4. The number of hydrogen-bond donors (Lipinski definition) is 4. The summed E-state index contributed by atoms with van der Waals surface area (Å²) in [7, 11) is 0. The normalized spacial score (nSPS) is 33.9. The Hall–Kier alpha value is -1.74. The number of ether oxygens (including phenoxy) is 1. The quantitative estimate of drug-likeness (QED) is 0.535. The minimum Gasteiger partial charge on any atom is -0.393 e. The number of anilines is 1. The Balaban J connectivity index is 2.14. The summed E-state index contributed by atoms with van der Waals surface area (Å²) < 4.78 is 6.80. The molecule has 3 rings (SSSR count). The van der Waals surface area contributed by atoms with Crippen LogP contribution >= 0.6 is 0 Å². The summed E-state index contributed by atoms with van der Waals surface area (Å²) in [6, 6.07) is 3.26. The topological polar surface area (TPSA) is 126 Å². The summed E-state index contributed by atoms with van der Waals surface area (Å²) >= 11 is 0. The molecule has 0 saturated carbocycles. The number of aromatic nitrogens is 3. The lowest BCUT2D eigenvalue weighted by Gasteiger charge is -2.30. The standard InChI is InChI=1S/C12H16N4O4/c1-11(4-17)10(18)12(19,5-20-11)8-3-2-7-9(13)14-6-15-16(7)8/h2-3,6,10,17-19H,4-5H2,1H3,(H2,13,14,15)/t10-,11-,12+/m1/s1. The molecule has 1 aliphatic heterocycles. The summed E-state index contributed by atoms with van der Waals surface area (Å²) in [4.78, 5) is 3.86. The highest BCUT2D eigenvalue weighted by molar-refractivity contribution is 5.65. The highest BCUT2D eigenvalue weighted by Gasteiger charge is 2.57. The smallest absolute Gasteiger partial charge is 0.158 e. The van der Waals surface area contributed by atoms with Gasteiger partial charge in [0, 0.05) is 0 Å². The van der Waals surface area contributed by atoms with Crippen molar-refractivity contribution in [2.24, 2.45) is 0 Å². The van der Waals surface area contributed by atoms with Crippen molar-refractivity contribution in [2.75, 3.05) is 18.9 Å². The summed E-state index contributed by atoms with van der Waals surface area (Å²) in [6.07, 6.45) is -0.0305. The molecule has 108 valence electrons. The number of nitrogens with two attached hydrogens (primary N) is 1. The Morgan fingerprint density at radius 3 is 2.95 bits per heavy atom. The van der Waals surface area contributed by atoms with Crippen LogP contribution in [0.5, 0.6) is 0 Å². The van der Waals surface area contributed by atoms with Crippen LogP contribution in [-0.2, 0) is 10.3 Å². The Kier molecular flexibility index (Phi) is 2.73. The fourth-order valence-electron chi connectivity index (χ4n) is 2.56. The first kappa shape index (κ1) is 13.3. The molecule has 1 saturated heterocycles. The molecule has 2 aromatic heterocycles. The summed E-state index contributed by atoms with van der Waals surface area (Å²) in [6.45, 7) is 0.979. The van der Waals surface area contributed by atoms with Crippen LogP contribution in [0.3, 0.4) is 0 Å². The fourth-order valence-corrected chi connectivity index (χ4v) is 2.56. The van der Waals surface area contributed by atoms with Gasteiger partial charge in [-0.1, -0.05) is 0 Å². The maximum Gasteiger partial charge on any atom is 0.158 e. The number of rotatable bonds is 2. The Morgan fingerprint density at radius 1 is 1.55 bits per heavy atom. The van der Waals surface area contributed by atoms with Gasteiger partial charge in [-0.15, -0.1) is 0 Å². The average Bonchev–Trinajstić information content (AvgIpc) is 2.97. The van der Waals surface area contributed by atoms with Crippen molar-refractivity contribution in [3.63, 3.8) is 0 Å². The Morgan fingerprint density at radius 2 is 2.30 bits per heavy atom. The third kappa shape index (κ3) is 1.56. The van der Waals surface area contributed by atoms with Crippen LogP contribution in [0.4, 0.5) is 5.82 Å². The van der Waals surface area contributed by atoms with E-state index in [2.05, 4.69) is 10.1 Å². The molecule has 0 amide bonds. The molecule has 0 aromatic carbocycles. The average molecular weight is 280 g/mol. The minimum atomic E-state index is -1.68. The van der Waals surface area contributed by atoms with Gasteiger partial charge in [0.25, 0.3) is 0 Å². The molecular weight excluding hydrogens is 264 g/mol. The van der Waals surface area contributed by atoms with Gasteiger partial charge in [-0.25, -0.2) is 9.50 Å². The molecule has 20 heavy (non-hydrogen) atoms. The predicted octanol–water partition coefficient (Wildman–Crippen LogP) is -1.36. The minimum absolute atomic E-state index is 0.152. The number of hydrogen-bond acceptors (Lipinski definition) is 7. The summed E-state index contributed by atoms with van der Waals surface area (Å²) in [5.74, 6) is 0.271. The van der Waals surface area contributed by atoms with Crippen LogP contribution in [0.1, 0.15) is 12.6 Å². The molecule has 1 aliphatic rings. The van der Waals surface area contributed by atoms with Gasteiger partial charge in [-0.3, -0.25) is 0 Å². The number of fused-ring (bicyclic) bond motifs is 1. The molecule has 3 heterocycles. The third-order valence-corrected chi connectivity index (χ3v) is 3.89. The van der Waals surface area contributed by atoms with Gasteiger partial charge < -0.3 is 25.8 Å². The molecule has 1 fully saturated rings. The van der Waals surface area contributed by atoms with E-state index in [1.165, 1.54) is 17.8 Å². The van der Waals surface area contributed by atoms with Crippen molar-refractivity contribution >= 4 is 11.3 Å². The predicted molar refractivity (Wildman–Crippen MR) is 68.7 cm³/mol. The van der Waals surface area contributed by atoms with E-state index < -0.39 is 23.9 Å². The van der Waals surface area contributed by atoms with E-state index in [1.54, 1.807) is 12.1 Å². The van der Waals surface area contributed by atoms with E-state index in [-0.39, 0.29) is 12.4 Å². The van der Waals surface area contributed by atoms with Crippen molar-refractivity contribution in [3.8, 4) is 0 Å². The summed E-state index contributed by atoms with van der Waals surface area (Å²) in [5, 5.41) is 34.5. The molecule has 3 atom stereocenters. The highest BCUT2D eigenvalue weighted by atomic mass is 16.6. The lowest BCUT2D eigenvalue weighted by molar-refractivity contribution is -0.100. The lowest BCUT2D eigenvalue weighted by atomic mass is 9.86. The van der Waals surface area contributed by atoms with E-state index in [1.807, 2.05) is 0 Å². The number of aliphatic hydroxyl groups excluding tert-OH is 2. The Labute approximate surface area is 114 Å². The molecule has 0 aliphatic carbocycles. The fraction of sp³-hybridized carbons (Fsp3) is 0.500. The van der Waals surface area contributed by atoms with Crippen LogP contribution in [0.15, 0.2) is 18.5 Å². The van der Waals surface area contributed by atoms with E-state index in [9.17, 15) is 15.3 Å². The monoisotopic (exact) mass is 280 g/mol. The number of aliphatic hydroxyl groups is 3. The molecule has 5 N–H and O–H groups in total. The van der Waals surface area contributed by atoms with Crippen LogP contribution < -0.4 is 5.73 Å². The maximum atomic E-state index is 10.8. The van der Waals surface area contributed by atoms with Crippen molar-refractivity contribution in [1.82, 2.24) is 14.6 Å². The second-order valence-corrected chi connectivity index (χ2v) is 5.25. The zero-order chi connectivity index (χ0) is 14.5. The second kappa shape index (κ2) is 4.13.